The molecule has 0 amide bonds. The molecule has 1 heteroatoms. The highest BCUT2D eigenvalue weighted by Crippen LogP contribution is 2.10. The van der Waals surface area contributed by atoms with E-state index in [-0.39, 0.29) is 0 Å². The second-order valence-electron chi connectivity index (χ2n) is 2.01. The van der Waals surface area contributed by atoms with Gasteiger partial charge in [0, 0.05) is 0 Å². The Bertz CT molecular complexity index is 66.5. The Labute approximate surface area is 55.4 Å². The molecule has 1 heterocycles. The third kappa shape index (κ3) is 2.41. The second kappa shape index (κ2) is 4.02. The molecule has 0 N–H and O–H groups in total. The van der Waals surface area contributed by atoms with Crippen LogP contribution in [0.2, 0.25) is 0 Å². The largest absolute Gasteiger partial charge is 0.162 e. The van der Waals surface area contributed by atoms with Crippen molar-refractivity contribution >= 4 is 11.8 Å². The lowest BCUT2D eigenvalue weighted by Crippen LogP contribution is -1.84. The molecule has 0 saturated carbocycles. The number of rotatable bonds is 0. The van der Waals surface area contributed by atoms with Crippen LogP contribution in [0.15, 0.2) is 12.2 Å². The van der Waals surface area contributed by atoms with Crippen LogP contribution in [0.3, 0.4) is 0 Å². The van der Waals surface area contributed by atoms with Crippen molar-refractivity contribution in [3.63, 3.8) is 0 Å². The topological polar surface area (TPSA) is 0 Å². The summed E-state index contributed by atoms with van der Waals surface area (Å²) in [4.78, 5) is 0. The zero-order chi connectivity index (χ0) is 5.66. The predicted molar refractivity (Wildman–Crippen MR) is 40.3 cm³/mol. The summed E-state index contributed by atoms with van der Waals surface area (Å²) in [5, 5.41) is 0. The van der Waals surface area contributed by atoms with E-state index >= 15 is 0 Å². The number of hydrogen-bond acceptors (Lipinski definition) is 1. The van der Waals surface area contributed by atoms with Gasteiger partial charge in [-0.1, -0.05) is 12.2 Å². The van der Waals surface area contributed by atoms with Crippen LogP contribution >= 0.6 is 11.8 Å². The quantitative estimate of drug-likeness (QED) is 0.452. The maximum atomic E-state index is 2.31. The van der Waals surface area contributed by atoms with Crippen molar-refractivity contribution in [2.24, 2.45) is 0 Å². The van der Waals surface area contributed by atoms with Crippen LogP contribution in [-0.4, -0.2) is 11.5 Å². The number of allylic oxidation sites excluding steroid dienone is 2. The van der Waals surface area contributed by atoms with E-state index in [0.717, 1.165) is 0 Å². The smallest absolute Gasteiger partial charge is 0.00329 e. The Hall–Kier alpha value is 0.0900. The summed E-state index contributed by atoms with van der Waals surface area (Å²) in [5.74, 6) is 2.70. The highest BCUT2D eigenvalue weighted by Gasteiger charge is 1.89. The van der Waals surface area contributed by atoms with Crippen LogP contribution in [0.25, 0.3) is 0 Å². The summed E-state index contributed by atoms with van der Waals surface area (Å²) in [7, 11) is 0. The fourth-order valence-corrected chi connectivity index (χ4v) is 1.67. The van der Waals surface area contributed by atoms with Gasteiger partial charge in [-0.25, -0.2) is 0 Å². The normalized spacial score (nSPS) is 26.0. The minimum Gasteiger partial charge on any atom is -0.162 e. The summed E-state index contributed by atoms with van der Waals surface area (Å²) in [6.07, 6.45) is 8.56. The van der Waals surface area contributed by atoms with Gasteiger partial charge in [0.25, 0.3) is 0 Å². The van der Waals surface area contributed by atoms with Gasteiger partial charge in [-0.05, 0) is 30.8 Å². The van der Waals surface area contributed by atoms with Crippen LogP contribution in [-0.2, 0) is 0 Å². The van der Waals surface area contributed by atoms with Crippen LogP contribution in [0.5, 0.6) is 0 Å². The van der Waals surface area contributed by atoms with E-state index < -0.39 is 0 Å². The van der Waals surface area contributed by atoms with E-state index in [9.17, 15) is 0 Å². The molecule has 0 saturated heterocycles. The first-order chi connectivity index (χ1) is 4.00. The first-order valence-electron chi connectivity index (χ1n) is 3.23. The van der Waals surface area contributed by atoms with Crippen LogP contribution in [0, 0.1) is 0 Å². The minimum absolute atomic E-state index is 1.28. The van der Waals surface area contributed by atoms with Crippen molar-refractivity contribution in [3.8, 4) is 0 Å². The zero-order valence-corrected chi connectivity index (χ0v) is 5.91. The van der Waals surface area contributed by atoms with Crippen molar-refractivity contribution in [3.05, 3.63) is 12.2 Å². The van der Waals surface area contributed by atoms with Crippen LogP contribution in [0.4, 0.5) is 0 Å². The lowest BCUT2D eigenvalue weighted by molar-refractivity contribution is 0.954. The van der Waals surface area contributed by atoms with E-state index in [1.165, 1.54) is 30.8 Å². The van der Waals surface area contributed by atoms with Crippen molar-refractivity contribution < 1.29 is 0 Å². The maximum absolute atomic E-state index is 2.31. The predicted octanol–water partition coefficient (Wildman–Crippen LogP) is 2.46. The van der Waals surface area contributed by atoms with Gasteiger partial charge in [0.15, 0.2) is 0 Å². The number of hydrogen-bond donors (Lipinski definition) is 0. The van der Waals surface area contributed by atoms with Crippen LogP contribution in [0.1, 0.15) is 19.3 Å². The molecule has 8 heavy (non-hydrogen) atoms. The molecular weight excluding hydrogens is 116 g/mol. The minimum atomic E-state index is 1.28. The maximum Gasteiger partial charge on any atom is -0.00329 e. The van der Waals surface area contributed by atoms with E-state index in [2.05, 4.69) is 23.9 Å². The molecule has 0 unspecified atom stereocenters. The van der Waals surface area contributed by atoms with Gasteiger partial charge >= 0.3 is 0 Å². The molecule has 0 aromatic heterocycles. The van der Waals surface area contributed by atoms with Gasteiger partial charge < -0.3 is 0 Å². The molecule has 1 aliphatic heterocycles. The van der Waals surface area contributed by atoms with Crippen LogP contribution < -0.4 is 0 Å². The molecule has 0 atom stereocenters. The highest BCUT2D eigenvalue weighted by atomic mass is 32.2. The highest BCUT2D eigenvalue weighted by molar-refractivity contribution is 7.99. The molecule has 0 aromatic rings. The molecule has 0 bridgehead atoms. The van der Waals surface area contributed by atoms with Gasteiger partial charge in [0.05, 0.1) is 0 Å². The molecule has 0 spiro atoms. The fraction of sp³-hybridized carbons (Fsp3) is 0.714. The first kappa shape index (κ1) is 6.21. The monoisotopic (exact) mass is 128 g/mol. The molecule has 1 rings (SSSR count). The second-order valence-corrected chi connectivity index (χ2v) is 3.24. The third-order valence-corrected chi connectivity index (χ3v) is 2.36. The Morgan fingerprint density at radius 1 is 1.00 bits per heavy atom. The van der Waals surface area contributed by atoms with Gasteiger partial charge in [-0.3, -0.25) is 0 Å². The molecule has 46 valence electrons. The van der Waals surface area contributed by atoms with Gasteiger partial charge in [0.2, 0.25) is 0 Å². The lowest BCUT2D eigenvalue weighted by Gasteiger charge is -2.00. The molecule has 0 fully saturated rings. The van der Waals surface area contributed by atoms with Crippen molar-refractivity contribution in [2.45, 2.75) is 19.3 Å². The Morgan fingerprint density at radius 3 is 2.88 bits per heavy atom. The standard InChI is InChI=1S/C7H12S/c1-2-4-6-8-7-5-3-1/h1-2H,3-7H2/b2-1-. The van der Waals surface area contributed by atoms with E-state index in [0.29, 0.717) is 0 Å². The van der Waals surface area contributed by atoms with Gasteiger partial charge in [0.1, 0.15) is 0 Å². The Balaban J connectivity index is 2.17. The average molecular weight is 128 g/mol. The summed E-state index contributed by atoms with van der Waals surface area (Å²) >= 11 is 2.08. The van der Waals surface area contributed by atoms with Gasteiger partial charge in [-0.15, -0.1) is 0 Å². The molecule has 0 aliphatic carbocycles. The zero-order valence-electron chi connectivity index (χ0n) is 5.10. The summed E-state index contributed by atoms with van der Waals surface area (Å²) in [6, 6.07) is 0. The summed E-state index contributed by atoms with van der Waals surface area (Å²) in [5.41, 5.74) is 0. The lowest BCUT2D eigenvalue weighted by atomic mass is 10.3. The molecule has 1 aliphatic rings. The Kier molecular flexibility index (Phi) is 3.12. The van der Waals surface area contributed by atoms with E-state index in [1.807, 2.05) is 0 Å². The molecule has 0 radical (unpaired) electrons. The molecule has 0 aromatic carbocycles. The Morgan fingerprint density at radius 2 is 1.88 bits per heavy atom. The van der Waals surface area contributed by atoms with Crippen molar-refractivity contribution in [2.75, 3.05) is 11.5 Å². The summed E-state index contributed by atoms with van der Waals surface area (Å²) < 4.78 is 0. The summed E-state index contributed by atoms with van der Waals surface area (Å²) in [6.45, 7) is 0. The van der Waals surface area contributed by atoms with Crippen molar-refractivity contribution in [1.82, 2.24) is 0 Å². The number of thioether (sulfide) groups is 1. The first-order valence-corrected chi connectivity index (χ1v) is 4.38. The fourth-order valence-electron chi connectivity index (χ4n) is 0.792. The van der Waals surface area contributed by atoms with E-state index in [1.54, 1.807) is 0 Å². The molecule has 0 nitrogen and oxygen atoms in total. The molecular formula is C7H12S. The van der Waals surface area contributed by atoms with Crippen molar-refractivity contribution in [1.29, 1.82) is 0 Å². The SMILES string of the molecule is C1=C\CCSCCC/1. The van der Waals surface area contributed by atoms with Gasteiger partial charge in [-0.2, -0.15) is 11.8 Å². The average Bonchev–Trinajstić information content (AvgIpc) is 1.62. The third-order valence-electron chi connectivity index (χ3n) is 1.25. The van der Waals surface area contributed by atoms with E-state index in [4.69, 9.17) is 0 Å².